The summed E-state index contributed by atoms with van der Waals surface area (Å²) < 4.78 is 11.0. The molecule has 1 aliphatic carbocycles. The quantitative estimate of drug-likeness (QED) is 0.245. The molecule has 2 aliphatic rings. The van der Waals surface area contributed by atoms with Gasteiger partial charge in [0.15, 0.2) is 0 Å². The van der Waals surface area contributed by atoms with Crippen molar-refractivity contribution >= 4 is 17.8 Å². The number of aliphatic carboxylic acids is 1. The fraction of sp³-hybridized carbons (Fsp3) is 0.229. The summed E-state index contributed by atoms with van der Waals surface area (Å²) in [5.41, 5.74) is 6.16. The van der Waals surface area contributed by atoms with Crippen molar-refractivity contribution in [1.29, 1.82) is 0 Å². The van der Waals surface area contributed by atoms with Gasteiger partial charge in [-0.3, -0.25) is 14.4 Å². The number of esters is 1. The normalized spacial score (nSPS) is 17.3. The van der Waals surface area contributed by atoms with E-state index in [2.05, 4.69) is 24.3 Å². The van der Waals surface area contributed by atoms with Gasteiger partial charge in [0.05, 0.1) is 13.2 Å². The van der Waals surface area contributed by atoms with E-state index in [9.17, 15) is 19.5 Å². The number of benzene rings is 4. The molecule has 0 unspecified atom stereocenters. The first-order valence-corrected chi connectivity index (χ1v) is 14.1. The van der Waals surface area contributed by atoms with Crippen molar-refractivity contribution < 1.29 is 29.0 Å². The standard InChI is InChI=1S/C35H31NO6/c1-41-23-18-16-22(17-19-23)33-32(35(39)40)28-13-6-7-14-29(28)34(38)36(33)20-8-15-31(37)42-21-30-26-11-4-2-9-24(26)25-10-3-5-12-27(25)30/h2-7,9-14,16-19,30,32-33H,8,15,20-21H2,1H3,(H,39,40)/t32-,33+/m1/s1. The number of nitrogens with zero attached hydrogens (tertiary/aromatic N) is 1. The molecule has 0 spiro atoms. The van der Waals surface area contributed by atoms with Crippen molar-refractivity contribution in [3.05, 3.63) is 125 Å². The van der Waals surface area contributed by atoms with E-state index in [-0.39, 0.29) is 37.4 Å². The zero-order valence-electron chi connectivity index (χ0n) is 23.2. The Bertz CT molecular complexity index is 1600. The molecule has 1 aliphatic heterocycles. The Morgan fingerprint density at radius 1 is 0.786 bits per heavy atom. The molecular weight excluding hydrogens is 530 g/mol. The van der Waals surface area contributed by atoms with Crippen molar-refractivity contribution in [2.24, 2.45) is 0 Å². The van der Waals surface area contributed by atoms with Crippen LogP contribution in [0.4, 0.5) is 0 Å². The molecular formula is C35H31NO6. The zero-order valence-corrected chi connectivity index (χ0v) is 23.2. The first kappa shape index (κ1) is 27.3. The molecule has 1 amide bonds. The molecule has 0 bridgehead atoms. The first-order valence-electron chi connectivity index (χ1n) is 14.1. The molecule has 0 fully saturated rings. The molecule has 0 saturated heterocycles. The molecule has 1 heterocycles. The fourth-order valence-corrected chi connectivity index (χ4v) is 6.36. The molecule has 42 heavy (non-hydrogen) atoms. The van der Waals surface area contributed by atoms with Crippen molar-refractivity contribution in [2.75, 3.05) is 20.3 Å². The number of methoxy groups -OCH3 is 1. The Morgan fingerprint density at radius 3 is 1.95 bits per heavy atom. The number of hydrogen-bond donors (Lipinski definition) is 1. The van der Waals surface area contributed by atoms with Gasteiger partial charge in [-0.25, -0.2) is 0 Å². The summed E-state index contributed by atoms with van der Waals surface area (Å²) in [6.45, 7) is 0.441. The minimum Gasteiger partial charge on any atom is -0.497 e. The maximum atomic E-state index is 13.7. The van der Waals surface area contributed by atoms with Crippen molar-refractivity contribution in [3.8, 4) is 16.9 Å². The number of carboxylic acid groups (broad SMARTS) is 1. The van der Waals surface area contributed by atoms with Crippen LogP contribution in [0, 0.1) is 0 Å². The highest BCUT2D eigenvalue weighted by Crippen LogP contribution is 2.45. The van der Waals surface area contributed by atoms with Crippen LogP contribution in [0.3, 0.4) is 0 Å². The second kappa shape index (κ2) is 11.5. The molecule has 7 heteroatoms. The lowest BCUT2D eigenvalue weighted by molar-refractivity contribution is -0.144. The van der Waals surface area contributed by atoms with Gasteiger partial charge in [0.25, 0.3) is 5.91 Å². The van der Waals surface area contributed by atoms with E-state index in [1.54, 1.807) is 60.5 Å². The van der Waals surface area contributed by atoms with Crippen LogP contribution in [0.5, 0.6) is 5.75 Å². The maximum Gasteiger partial charge on any atom is 0.313 e. The highest BCUT2D eigenvalue weighted by molar-refractivity contribution is 6.00. The first-order chi connectivity index (χ1) is 20.5. The molecule has 0 saturated carbocycles. The summed E-state index contributed by atoms with van der Waals surface area (Å²) in [4.78, 5) is 40.8. The number of rotatable bonds is 9. The Morgan fingerprint density at radius 2 is 1.36 bits per heavy atom. The summed E-state index contributed by atoms with van der Waals surface area (Å²) >= 11 is 0. The Kier molecular flexibility index (Phi) is 7.48. The van der Waals surface area contributed by atoms with Gasteiger partial charge in [0.1, 0.15) is 18.3 Å². The van der Waals surface area contributed by atoms with Crippen molar-refractivity contribution in [2.45, 2.75) is 30.7 Å². The molecule has 0 aromatic heterocycles. The Balaban J connectivity index is 1.17. The van der Waals surface area contributed by atoms with Gasteiger partial charge >= 0.3 is 11.9 Å². The van der Waals surface area contributed by atoms with E-state index in [1.165, 1.54) is 0 Å². The fourth-order valence-electron chi connectivity index (χ4n) is 6.36. The number of fused-ring (bicyclic) bond motifs is 4. The number of amides is 1. The lowest BCUT2D eigenvalue weighted by Gasteiger charge is -2.41. The average Bonchev–Trinajstić information content (AvgIpc) is 3.34. The van der Waals surface area contributed by atoms with E-state index in [1.807, 2.05) is 24.3 Å². The van der Waals surface area contributed by atoms with E-state index >= 15 is 0 Å². The van der Waals surface area contributed by atoms with Crippen LogP contribution in [-0.4, -0.2) is 48.1 Å². The Hall–Kier alpha value is -4.91. The number of hydrogen-bond acceptors (Lipinski definition) is 5. The highest BCUT2D eigenvalue weighted by Gasteiger charge is 2.44. The van der Waals surface area contributed by atoms with Crippen LogP contribution >= 0.6 is 0 Å². The van der Waals surface area contributed by atoms with Crippen molar-refractivity contribution in [1.82, 2.24) is 4.90 Å². The molecule has 2 atom stereocenters. The third kappa shape index (κ3) is 4.91. The van der Waals surface area contributed by atoms with Crippen LogP contribution in [0.15, 0.2) is 97.1 Å². The third-order valence-electron chi connectivity index (χ3n) is 8.32. The SMILES string of the molecule is COc1ccc([C@H]2[C@H](C(=O)O)c3ccccc3C(=O)N2CCCC(=O)OCC2c3ccccc3-c3ccccc32)cc1. The van der Waals surface area contributed by atoms with Crippen LogP contribution in [-0.2, 0) is 14.3 Å². The summed E-state index contributed by atoms with van der Waals surface area (Å²) in [7, 11) is 1.56. The van der Waals surface area contributed by atoms with Gasteiger partial charge in [0, 0.05) is 24.4 Å². The van der Waals surface area contributed by atoms with E-state index < -0.39 is 17.9 Å². The summed E-state index contributed by atoms with van der Waals surface area (Å²) in [5, 5.41) is 10.3. The summed E-state index contributed by atoms with van der Waals surface area (Å²) in [6.07, 6.45) is 0.443. The minimum atomic E-state index is -1.02. The Labute approximate surface area is 244 Å². The second-order valence-electron chi connectivity index (χ2n) is 10.6. The summed E-state index contributed by atoms with van der Waals surface area (Å²) in [5.74, 6) is -1.97. The molecule has 0 radical (unpaired) electrons. The molecule has 4 aromatic rings. The largest absolute Gasteiger partial charge is 0.497 e. The topological polar surface area (TPSA) is 93.1 Å². The number of carbonyl (C=O) groups is 3. The van der Waals surface area contributed by atoms with E-state index in [0.717, 1.165) is 22.3 Å². The van der Waals surface area contributed by atoms with Gasteiger partial charge in [-0.2, -0.15) is 0 Å². The van der Waals surface area contributed by atoms with Crippen LogP contribution in [0.2, 0.25) is 0 Å². The summed E-state index contributed by atoms with van der Waals surface area (Å²) in [6, 6.07) is 29.6. The van der Waals surface area contributed by atoms with Crippen molar-refractivity contribution in [3.63, 3.8) is 0 Å². The van der Waals surface area contributed by atoms with Gasteiger partial charge in [-0.1, -0.05) is 78.9 Å². The van der Waals surface area contributed by atoms with Gasteiger partial charge in [-0.05, 0) is 58.0 Å². The monoisotopic (exact) mass is 561 g/mol. The predicted octanol–water partition coefficient (Wildman–Crippen LogP) is 6.20. The molecule has 7 nitrogen and oxygen atoms in total. The van der Waals surface area contributed by atoms with Gasteiger partial charge in [-0.15, -0.1) is 0 Å². The maximum absolute atomic E-state index is 13.7. The highest BCUT2D eigenvalue weighted by atomic mass is 16.5. The lowest BCUT2D eigenvalue weighted by Crippen LogP contribution is -2.45. The lowest BCUT2D eigenvalue weighted by atomic mass is 9.79. The minimum absolute atomic E-state index is 0.0303. The number of carboxylic acids is 1. The average molecular weight is 562 g/mol. The number of ether oxygens (including phenoxy) is 2. The van der Waals surface area contributed by atoms with E-state index in [4.69, 9.17) is 9.47 Å². The smallest absolute Gasteiger partial charge is 0.313 e. The molecule has 1 N–H and O–H groups in total. The van der Waals surface area contributed by atoms with Crippen LogP contribution in [0.25, 0.3) is 11.1 Å². The predicted molar refractivity (Wildman–Crippen MR) is 158 cm³/mol. The second-order valence-corrected chi connectivity index (χ2v) is 10.6. The van der Waals surface area contributed by atoms with Gasteiger partial charge < -0.3 is 19.5 Å². The van der Waals surface area contributed by atoms with Gasteiger partial charge in [0.2, 0.25) is 0 Å². The van der Waals surface area contributed by atoms with Crippen LogP contribution < -0.4 is 4.74 Å². The van der Waals surface area contributed by atoms with Crippen LogP contribution in [0.1, 0.15) is 63.3 Å². The molecule has 6 rings (SSSR count). The third-order valence-corrected chi connectivity index (χ3v) is 8.32. The zero-order chi connectivity index (χ0) is 29.2. The number of carbonyl (C=O) groups excluding carboxylic acids is 2. The molecule has 4 aromatic carbocycles. The molecule has 212 valence electrons. The van der Waals surface area contributed by atoms with E-state index in [0.29, 0.717) is 28.9 Å².